The third-order valence-electron chi connectivity index (χ3n) is 3.75. The van der Waals surface area contributed by atoms with Crippen LogP contribution in [0.2, 0.25) is 5.02 Å². The zero-order valence-corrected chi connectivity index (χ0v) is 15.7. The topological polar surface area (TPSA) is 80.5 Å². The van der Waals surface area contributed by atoms with Crippen LogP contribution >= 0.6 is 11.6 Å². The maximum Gasteiger partial charge on any atom is 0.247 e. The van der Waals surface area contributed by atoms with Gasteiger partial charge in [-0.1, -0.05) is 11.6 Å². The summed E-state index contributed by atoms with van der Waals surface area (Å²) in [5, 5.41) is 11.5. The number of methoxy groups -OCH3 is 1. The molecule has 0 saturated carbocycles. The van der Waals surface area contributed by atoms with Crippen molar-refractivity contribution < 1.29 is 13.9 Å². The number of carbonyl (C=O) groups excluding carboxylic acids is 1. The molecule has 3 rings (SSSR count). The minimum Gasteiger partial charge on any atom is -0.497 e. The van der Waals surface area contributed by atoms with Crippen LogP contribution < -0.4 is 10.1 Å². The van der Waals surface area contributed by atoms with Gasteiger partial charge < -0.3 is 14.5 Å². The summed E-state index contributed by atoms with van der Waals surface area (Å²) >= 11 is 5.88. The average Bonchev–Trinajstić information content (AvgIpc) is 3.11. The van der Waals surface area contributed by atoms with E-state index in [1.54, 1.807) is 55.5 Å². The van der Waals surface area contributed by atoms with Gasteiger partial charge in [0.25, 0.3) is 0 Å². The zero-order valence-electron chi connectivity index (χ0n) is 15.0. The van der Waals surface area contributed by atoms with Crippen molar-refractivity contribution in [3.63, 3.8) is 0 Å². The molecule has 0 saturated heterocycles. The maximum absolute atomic E-state index is 12.2. The monoisotopic (exact) mass is 386 g/mol. The van der Waals surface area contributed by atoms with Crippen molar-refractivity contribution in [2.24, 2.45) is 0 Å². The summed E-state index contributed by atoms with van der Waals surface area (Å²) in [5.41, 5.74) is 1.50. The molecule has 8 heteroatoms. The van der Waals surface area contributed by atoms with E-state index >= 15 is 0 Å². The van der Waals surface area contributed by atoms with Crippen molar-refractivity contribution in [2.45, 2.75) is 6.54 Å². The van der Waals surface area contributed by atoms with Gasteiger partial charge in [-0.2, -0.15) is 0 Å². The molecule has 0 fully saturated rings. The van der Waals surface area contributed by atoms with Crippen molar-refractivity contribution in [2.75, 3.05) is 26.0 Å². The van der Waals surface area contributed by atoms with Gasteiger partial charge >= 0.3 is 0 Å². The molecule has 0 radical (unpaired) electrons. The van der Waals surface area contributed by atoms with Crippen LogP contribution in [0.25, 0.3) is 11.5 Å². The van der Waals surface area contributed by atoms with Gasteiger partial charge in [-0.05, 0) is 55.6 Å². The molecule has 0 bridgehead atoms. The van der Waals surface area contributed by atoms with Gasteiger partial charge in [0, 0.05) is 16.3 Å². The van der Waals surface area contributed by atoms with Crippen molar-refractivity contribution in [1.82, 2.24) is 15.1 Å². The van der Waals surface area contributed by atoms with E-state index in [0.717, 1.165) is 11.3 Å². The first-order valence-electron chi connectivity index (χ1n) is 8.24. The molecule has 27 heavy (non-hydrogen) atoms. The Labute approximate surface area is 161 Å². The van der Waals surface area contributed by atoms with Gasteiger partial charge in [-0.3, -0.25) is 9.69 Å². The Morgan fingerprint density at radius 3 is 2.52 bits per heavy atom. The van der Waals surface area contributed by atoms with Crippen LogP contribution in [0.3, 0.4) is 0 Å². The Kier molecular flexibility index (Phi) is 6.05. The number of rotatable bonds is 7. The number of nitrogens with zero attached hydrogens (tertiary/aromatic N) is 3. The molecule has 1 amide bonds. The number of nitrogens with one attached hydrogen (secondary N) is 1. The van der Waals surface area contributed by atoms with Crippen molar-refractivity contribution in [1.29, 1.82) is 0 Å². The SMILES string of the molecule is COc1ccc(NC(=O)CN(C)Cc2nnc(-c3ccc(Cl)cc3)o2)cc1. The Hall–Kier alpha value is -2.90. The number of aromatic nitrogens is 2. The highest BCUT2D eigenvalue weighted by molar-refractivity contribution is 6.30. The summed E-state index contributed by atoms with van der Waals surface area (Å²) in [4.78, 5) is 14.0. The van der Waals surface area contributed by atoms with Crippen LogP contribution in [0.1, 0.15) is 5.89 Å². The second-order valence-electron chi connectivity index (χ2n) is 5.96. The second kappa shape index (κ2) is 8.66. The molecule has 1 heterocycles. The molecule has 0 aliphatic carbocycles. The summed E-state index contributed by atoms with van der Waals surface area (Å²) in [6.07, 6.45) is 0. The summed E-state index contributed by atoms with van der Waals surface area (Å²) in [6, 6.07) is 14.3. The maximum atomic E-state index is 12.2. The third kappa shape index (κ3) is 5.29. The zero-order chi connectivity index (χ0) is 19.2. The largest absolute Gasteiger partial charge is 0.497 e. The minimum absolute atomic E-state index is 0.139. The molecule has 0 unspecified atom stereocenters. The van der Waals surface area contributed by atoms with Crippen molar-refractivity contribution in [3.05, 3.63) is 59.4 Å². The first-order chi connectivity index (χ1) is 13.0. The van der Waals surface area contributed by atoms with E-state index in [2.05, 4.69) is 15.5 Å². The molecule has 0 atom stereocenters. The summed E-state index contributed by atoms with van der Waals surface area (Å²) in [6.45, 7) is 0.543. The average molecular weight is 387 g/mol. The molecule has 0 spiro atoms. The number of carbonyl (C=O) groups is 1. The number of benzene rings is 2. The number of ether oxygens (including phenoxy) is 1. The van der Waals surface area contributed by atoms with Crippen LogP contribution in [0.15, 0.2) is 52.9 Å². The highest BCUT2D eigenvalue weighted by Gasteiger charge is 2.13. The number of halogens is 1. The van der Waals surface area contributed by atoms with E-state index in [0.29, 0.717) is 29.0 Å². The molecule has 0 aliphatic heterocycles. The fourth-order valence-corrected chi connectivity index (χ4v) is 2.56. The highest BCUT2D eigenvalue weighted by Crippen LogP contribution is 2.20. The fourth-order valence-electron chi connectivity index (χ4n) is 2.43. The van der Waals surface area contributed by atoms with Gasteiger partial charge in [0.05, 0.1) is 20.2 Å². The number of amides is 1. The Balaban J connectivity index is 1.53. The van der Waals surface area contributed by atoms with E-state index in [4.69, 9.17) is 20.8 Å². The Morgan fingerprint density at radius 2 is 1.85 bits per heavy atom. The van der Waals surface area contributed by atoms with E-state index in [1.807, 2.05) is 12.1 Å². The number of anilines is 1. The summed E-state index contributed by atoms with van der Waals surface area (Å²) < 4.78 is 10.7. The predicted molar refractivity (Wildman–Crippen MR) is 103 cm³/mol. The number of hydrogen-bond donors (Lipinski definition) is 1. The second-order valence-corrected chi connectivity index (χ2v) is 6.39. The number of hydrogen-bond acceptors (Lipinski definition) is 6. The summed E-state index contributed by atoms with van der Waals surface area (Å²) in [7, 11) is 3.40. The van der Waals surface area contributed by atoms with Gasteiger partial charge in [0.2, 0.25) is 17.7 Å². The number of likely N-dealkylation sites (N-methyl/N-ethyl adjacent to an activating group) is 1. The van der Waals surface area contributed by atoms with E-state index < -0.39 is 0 Å². The minimum atomic E-state index is -0.139. The third-order valence-corrected chi connectivity index (χ3v) is 4.00. The molecular formula is C19H19ClN4O3. The first kappa shape index (κ1) is 18.9. The van der Waals surface area contributed by atoms with E-state index in [1.165, 1.54) is 0 Å². The van der Waals surface area contributed by atoms with Gasteiger partial charge in [-0.25, -0.2) is 0 Å². The lowest BCUT2D eigenvalue weighted by Crippen LogP contribution is -2.29. The van der Waals surface area contributed by atoms with Crippen LogP contribution in [0, 0.1) is 0 Å². The fraction of sp³-hybridized carbons (Fsp3) is 0.211. The van der Waals surface area contributed by atoms with E-state index in [-0.39, 0.29) is 12.5 Å². The Morgan fingerprint density at radius 1 is 1.15 bits per heavy atom. The van der Waals surface area contributed by atoms with Gasteiger partial charge in [0.1, 0.15) is 5.75 Å². The molecule has 7 nitrogen and oxygen atoms in total. The molecule has 2 aromatic carbocycles. The van der Waals surface area contributed by atoms with Gasteiger partial charge in [-0.15, -0.1) is 10.2 Å². The van der Waals surface area contributed by atoms with Gasteiger partial charge in [0.15, 0.2) is 0 Å². The van der Waals surface area contributed by atoms with Crippen LogP contribution in [-0.2, 0) is 11.3 Å². The van der Waals surface area contributed by atoms with Crippen molar-refractivity contribution in [3.8, 4) is 17.2 Å². The lowest BCUT2D eigenvalue weighted by Gasteiger charge is -2.14. The normalized spacial score (nSPS) is 10.8. The van der Waals surface area contributed by atoms with E-state index in [9.17, 15) is 4.79 Å². The standard InChI is InChI=1S/C19H19ClN4O3/c1-24(11-17(25)21-15-7-9-16(26-2)10-8-15)12-18-22-23-19(27-18)13-3-5-14(20)6-4-13/h3-10H,11-12H2,1-2H3,(H,21,25). The smallest absolute Gasteiger partial charge is 0.247 e. The lowest BCUT2D eigenvalue weighted by molar-refractivity contribution is -0.117. The van der Waals surface area contributed by atoms with Crippen LogP contribution in [0.5, 0.6) is 5.75 Å². The van der Waals surface area contributed by atoms with Crippen molar-refractivity contribution >= 4 is 23.2 Å². The molecule has 1 aromatic heterocycles. The molecule has 3 aromatic rings. The quantitative estimate of drug-likeness (QED) is 0.669. The summed E-state index contributed by atoms with van der Waals surface area (Å²) in [5.74, 6) is 1.44. The first-order valence-corrected chi connectivity index (χ1v) is 8.62. The van der Waals surface area contributed by atoms with Crippen LogP contribution in [0.4, 0.5) is 5.69 Å². The highest BCUT2D eigenvalue weighted by atomic mass is 35.5. The molecule has 0 aliphatic rings. The Bertz CT molecular complexity index is 894. The lowest BCUT2D eigenvalue weighted by atomic mass is 10.2. The van der Waals surface area contributed by atoms with Crippen LogP contribution in [-0.4, -0.2) is 41.7 Å². The molecule has 140 valence electrons. The molecule has 1 N–H and O–H groups in total. The predicted octanol–water partition coefficient (Wildman–Crippen LogP) is 3.47. The molecular weight excluding hydrogens is 368 g/mol.